The lowest BCUT2D eigenvalue weighted by Gasteiger charge is -2.35. The van der Waals surface area contributed by atoms with Crippen molar-refractivity contribution in [1.82, 2.24) is 41.7 Å². The number of rotatable bonds is 29. The first-order chi connectivity index (χ1) is 36.8. The van der Waals surface area contributed by atoms with Crippen LogP contribution < -0.4 is 37.6 Å². The van der Waals surface area contributed by atoms with Gasteiger partial charge in [0.15, 0.2) is 0 Å². The zero-order valence-electron chi connectivity index (χ0n) is 46.8. The van der Waals surface area contributed by atoms with E-state index in [0.717, 1.165) is 6.26 Å². The average molecular weight is 1110 g/mol. The fraction of sp³-hybridized carbons (Fsp3) is 0.625. The molecule has 2 heterocycles. The van der Waals surface area contributed by atoms with Gasteiger partial charge in [0, 0.05) is 32.2 Å². The number of nitrogens with one attached hydrogen (secondary N) is 6. The van der Waals surface area contributed by atoms with Crippen LogP contribution in [0.15, 0.2) is 60.7 Å². The number of amides is 8. The summed E-state index contributed by atoms with van der Waals surface area (Å²) < 4.78 is 23.5. The van der Waals surface area contributed by atoms with Crippen LogP contribution in [-0.4, -0.2) is 156 Å². The Morgan fingerprint density at radius 2 is 1.06 bits per heavy atom. The van der Waals surface area contributed by atoms with Crippen LogP contribution in [0.4, 0.5) is 0 Å². The lowest BCUT2D eigenvalue weighted by atomic mass is 9.95. The fourth-order valence-corrected chi connectivity index (χ4v) is 10.4. The van der Waals surface area contributed by atoms with Gasteiger partial charge in [-0.3, -0.25) is 38.4 Å². The van der Waals surface area contributed by atoms with Crippen LogP contribution >= 0.6 is 0 Å². The molecule has 2 saturated heterocycles. The summed E-state index contributed by atoms with van der Waals surface area (Å²) in [5.41, 5.74) is 7.38. The third kappa shape index (κ3) is 18.9. The summed E-state index contributed by atoms with van der Waals surface area (Å²) in [4.78, 5) is 129. The van der Waals surface area contributed by atoms with Gasteiger partial charge in [0.2, 0.25) is 47.3 Å². The number of nitrogens with zero attached hydrogens (tertiary/aromatic N) is 2. The van der Waals surface area contributed by atoms with E-state index in [1.54, 1.807) is 95.3 Å². The molecule has 9 N–H and O–H groups in total. The molecule has 21 nitrogen and oxygen atoms in total. The highest BCUT2D eigenvalue weighted by atomic mass is 32.2. The number of carbonyl (C=O) groups is 9. The van der Waals surface area contributed by atoms with Gasteiger partial charge < -0.3 is 52.5 Å². The van der Waals surface area contributed by atoms with E-state index in [0.29, 0.717) is 36.8 Å². The van der Waals surface area contributed by atoms with Gasteiger partial charge in [-0.1, -0.05) is 129 Å². The van der Waals surface area contributed by atoms with Gasteiger partial charge in [0.1, 0.15) is 58.2 Å². The minimum Gasteiger partial charge on any atom is -0.480 e. The molecule has 2 aromatic carbocycles. The molecule has 2 aromatic rings. The van der Waals surface area contributed by atoms with Crippen molar-refractivity contribution in [2.24, 2.45) is 29.4 Å². The number of hydrogen-bond acceptors (Lipinski definition) is 12. The van der Waals surface area contributed by atoms with E-state index in [-0.39, 0.29) is 63.3 Å². The van der Waals surface area contributed by atoms with Gasteiger partial charge in [-0.25, -0.2) is 13.2 Å². The molecule has 2 fully saturated rings. The maximum atomic E-state index is 14.7. The standard InChI is InChI=1S/C56H85N9O12S/c1-10-35(7)46(62-50(68)40(30-33(3)4)58-48(66)39(57)26-29-78(9,76)77)55(73)65-28-19-25-44(65)54(72)64-27-18-24-43(64)52(70)60-41(31-37-20-14-12-15-21-37)49(67)59-42(32-38-22-16-13-17-23-38)51(69)61-45(34(5)6)53(71)63-47(56(74)75)36(8)11-2/h12-17,20-23,33-36,39-47H,10-11,18-19,24-32,57H2,1-9H3,(H,58,66)(H,59,67)(H,60,70)(H,61,69)(H,62,68)(H,63,71)(H,74,75)/t35-,36-,39-,40-,41-,42-,43-,44-,45-,46-,47-/m0/s1. The van der Waals surface area contributed by atoms with Crippen molar-refractivity contribution < 1.29 is 56.7 Å². The quantitative estimate of drug-likeness (QED) is 0.0579. The highest BCUT2D eigenvalue weighted by molar-refractivity contribution is 7.90. The third-order valence-electron chi connectivity index (χ3n) is 14.8. The minimum atomic E-state index is -3.41. The molecule has 0 saturated carbocycles. The summed E-state index contributed by atoms with van der Waals surface area (Å²) in [5, 5.41) is 26.5. The SMILES string of the molecule is CC[C@H](C)[C@H](NC(=O)[C@@H](NC(=O)[C@H](Cc1ccccc1)NC(=O)[C@H](Cc1ccccc1)NC(=O)[C@@H]1CCCN1C(=O)[C@@H]1CCCN1C(=O)[C@@H](NC(=O)[C@H](CC(C)C)NC(=O)[C@@H](N)CCS(C)(=O)=O)[C@@H](C)CC)C(C)C)C(=O)O. The molecule has 78 heavy (non-hydrogen) atoms. The zero-order chi connectivity index (χ0) is 58.0. The fourth-order valence-electron chi connectivity index (χ4n) is 9.72. The number of sulfone groups is 1. The number of hydrogen-bond donors (Lipinski definition) is 8. The van der Waals surface area contributed by atoms with Gasteiger partial charge in [-0.05, 0) is 73.3 Å². The highest BCUT2D eigenvalue weighted by Gasteiger charge is 2.45. The smallest absolute Gasteiger partial charge is 0.326 e. The molecule has 2 aliphatic heterocycles. The number of likely N-dealkylation sites (tertiary alicyclic amines) is 2. The van der Waals surface area contributed by atoms with Crippen molar-refractivity contribution >= 4 is 63.1 Å². The molecular formula is C56H85N9O12S. The van der Waals surface area contributed by atoms with Gasteiger partial charge in [-0.15, -0.1) is 0 Å². The summed E-state index contributed by atoms with van der Waals surface area (Å²) in [7, 11) is -3.41. The molecule has 0 radical (unpaired) electrons. The van der Waals surface area contributed by atoms with Crippen LogP contribution in [0.1, 0.15) is 118 Å². The van der Waals surface area contributed by atoms with Crippen molar-refractivity contribution in [1.29, 1.82) is 0 Å². The third-order valence-corrected chi connectivity index (χ3v) is 15.7. The number of benzene rings is 2. The molecule has 0 aromatic heterocycles. The molecule has 2 aliphatic rings. The Kier molecular flexibility index (Phi) is 24.7. The maximum absolute atomic E-state index is 14.7. The molecule has 0 aliphatic carbocycles. The highest BCUT2D eigenvalue weighted by Crippen LogP contribution is 2.27. The Morgan fingerprint density at radius 1 is 0.603 bits per heavy atom. The van der Waals surface area contributed by atoms with E-state index in [9.17, 15) is 56.7 Å². The van der Waals surface area contributed by atoms with E-state index in [1.807, 2.05) is 20.8 Å². The topological polar surface area (TPSA) is 313 Å². The molecule has 8 amide bonds. The van der Waals surface area contributed by atoms with E-state index in [4.69, 9.17) is 5.73 Å². The van der Waals surface area contributed by atoms with Crippen molar-refractivity contribution in [3.05, 3.63) is 71.8 Å². The van der Waals surface area contributed by atoms with Crippen molar-refractivity contribution in [2.45, 2.75) is 174 Å². The van der Waals surface area contributed by atoms with Crippen LogP contribution in [0.25, 0.3) is 0 Å². The lowest BCUT2D eigenvalue weighted by molar-refractivity contribution is -0.149. The number of aliphatic carboxylic acids is 1. The Bertz CT molecular complexity index is 2500. The second-order valence-corrected chi connectivity index (χ2v) is 24.2. The Morgan fingerprint density at radius 3 is 1.58 bits per heavy atom. The average Bonchev–Trinajstić information content (AvgIpc) is 4.11. The number of carbonyl (C=O) groups excluding carboxylic acids is 8. The summed E-state index contributed by atoms with van der Waals surface area (Å²) in [6.45, 7) is 14.6. The molecule has 0 spiro atoms. The van der Waals surface area contributed by atoms with Crippen LogP contribution in [0, 0.1) is 23.7 Å². The van der Waals surface area contributed by atoms with E-state index in [1.165, 1.54) is 9.80 Å². The van der Waals surface area contributed by atoms with Gasteiger partial charge in [-0.2, -0.15) is 0 Å². The second kappa shape index (κ2) is 30.1. The monoisotopic (exact) mass is 1110 g/mol. The van der Waals surface area contributed by atoms with E-state index < -0.39 is 135 Å². The second-order valence-electron chi connectivity index (χ2n) is 21.9. The molecule has 4 rings (SSSR count). The predicted octanol–water partition coefficient (Wildman–Crippen LogP) is 2.00. The van der Waals surface area contributed by atoms with Gasteiger partial charge >= 0.3 is 5.97 Å². The Hall–Kier alpha value is -6.42. The van der Waals surface area contributed by atoms with Crippen LogP contribution in [-0.2, 0) is 65.8 Å². The van der Waals surface area contributed by atoms with Crippen LogP contribution in [0.2, 0.25) is 0 Å². The molecular weight excluding hydrogens is 1020 g/mol. The number of carboxylic acids is 1. The zero-order valence-corrected chi connectivity index (χ0v) is 47.6. The van der Waals surface area contributed by atoms with E-state index >= 15 is 0 Å². The molecule has 432 valence electrons. The lowest BCUT2D eigenvalue weighted by Crippen LogP contribution is -2.61. The predicted molar refractivity (Wildman–Crippen MR) is 294 cm³/mol. The molecule has 11 atom stereocenters. The van der Waals surface area contributed by atoms with Crippen molar-refractivity contribution in [3.63, 3.8) is 0 Å². The van der Waals surface area contributed by atoms with Gasteiger partial charge in [0.25, 0.3) is 0 Å². The first-order valence-corrected chi connectivity index (χ1v) is 29.5. The number of nitrogens with two attached hydrogens (primary N) is 1. The first-order valence-electron chi connectivity index (χ1n) is 27.4. The largest absolute Gasteiger partial charge is 0.480 e. The molecule has 0 bridgehead atoms. The summed E-state index contributed by atoms with van der Waals surface area (Å²) >= 11 is 0. The summed E-state index contributed by atoms with van der Waals surface area (Å²) in [6.07, 6.45) is 3.44. The normalized spacial score (nSPS) is 19.0. The molecule has 22 heteroatoms. The number of carboxylic acid groups (broad SMARTS) is 1. The van der Waals surface area contributed by atoms with Crippen molar-refractivity contribution in [2.75, 3.05) is 25.1 Å². The summed E-state index contributed by atoms with van der Waals surface area (Å²) in [5.74, 6) is -8.00. The van der Waals surface area contributed by atoms with Crippen LogP contribution in [0.3, 0.4) is 0 Å². The first kappa shape index (κ1) is 64.1. The van der Waals surface area contributed by atoms with Gasteiger partial charge in [0.05, 0.1) is 11.8 Å². The molecule has 0 unspecified atom stereocenters. The Balaban J connectivity index is 1.57. The van der Waals surface area contributed by atoms with Crippen molar-refractivity contribution in [3.8, 4) is 0 Å². The Labute approximate surface area is 460 Å². The minimum absolute atomic E-state index is 0.00666. The van der Waals surface area contributed by atoms with Crippen LogP contribution in [0.5, 0.6) is 0 Å². The summed E-state index contributed by atoms with van der Waals surface area (Å²) in [6, 6.07) is 7.46. The van der Waals surface area contributed by atoms with E-state index in [2.05, 4.69) is 31.9 Å². The maximum Gasteiger partial charge on any atom is 0.326 e.